The first-order chi connectivity index (χ1) is 18.7. The number of morpholine rings is 1. The maximum absolute atomic E-state index is 12.6. The van der Waals surface area contributed by atoms with Crippen LogP contribution < -0.4 is 15.8 Å². The molecule has 2 saturated heterocycles. The molecule has 1 aromatic heterocycles. The highest BCUT2D eigenvalue weighted by molar-refractivity contribution is 8.05. The fourth-order valence-corrected chi connectivity index (χ4v) is 7.74. The van der Waals surface area contributed by atoms with Gasteiger partial charge in [0.2, 0.25) is 5.56 Å². The summed E-state index contributed by atoms with van der Waals surface area (Å²) in [5.41, 5.74) is 3.97. The average Bonchev–Trinajstić information content (AvgIpc) is 2.96. The minimum Gasteiger partial charge on any atom is -0.384 e. The molecule has 0 aliphatic carbocycles. The Kier molecular flexibility index (Phi) is 7.99. The van der Waals surface area contributed by atoms with Gasteiger partial charge >= 0.3 is 0 Å². The molecule has 38 heavy (non-hydrogen) atoms. The molecule has 6 rings (SSSR count). The maximum atomic E-state index is 12.6. The number of hydrogen-bond acceptors (Lipinski definition) is 8. The fourth-order valence-electron chi connectivity index (χ4n) is 5.33. The Balaban J connectivity index is 1.16. The number of nitrogens with one attached hydrogen (secondary N) is 2. The van der Waals surface area contributed by atoms with Crippen LogP contribution in [0.4, 0.5) is 11.4 Å². The molecule has 0 spiro atoms. The Morgan fingerprint density at radius 1 is 1.00 bits per heavy atom. The normalized spacial score (nSPS) is 18.2. The molecule has 3 aliphatic rings. The van der Waals surface area contributed by atoms with Gasteiger partial charge in [-0.25, -0.2) is 0 Å². The smallest absolute Gasteiger partial charge is 0.250 e. The zero-order valence-electron chi connectivity index (χ0n) is 21.7. The van der Waals surface area contributed by atoms with E-state index in [1.54, 1.807) is 29.6 Å². The standard InChI is InChI=1S/C29H34N4O3S2/c1-35-22-7-10-32(11-8-22)12-9-30-20-5-6-25-27(17-20)37-26-4-2-3-23(29(26)38-25)24-18-21(19-28(34)31-24)33-13-15-36-16-14-33/h2-6,17-19,22,30H,7-16H2,1H3,(H,31,34). The monoisotopic (exact) mass is 550 g/mol. The molecule has 2 N–H and O–H groups in total. The number of fused-ring (bicyclic) bond motifs is 2. The third kappa shape index (κ3) is 5.77. The lowest BCUT2D eigenvalue weighted by molar-refractivity contribution is 0.0423. The first-order valence-electron chi connectivity index (χ1n) is 13.4. The van der Waals surface area contributed by atoms with Crippen molar-refractivity contribution in [2.75, 3.05) is 69.8 Å². The van der Waals surface area contributed by atoms with Crippen LogP contribution in [-0.2, 0) is 9.47 Å². The van der Waals surface area contributed by atoms with E-state index in [0.717, 1.165) is 74.7 Å². The van der Waals surface area contributed by atoms with E-state index >= 15 is 0 Å². The number of likely N-dealkylation sites (tertiary alicyclic amines) is 1. The fraction of sp³-hybridized carbons (Fsp3) is 0.414. The average molecular weight is 551 g/mol. The van der Waals surface area contributed by atoms with Crippen molar-refractivity contribution in [3.05, 3.63) is 58.9 Å². The molecule has 3 aromatic rings. The summed E-state index contributed by atoms with van der Waals surface area (Å²) in [4.78, 5) is 25.4. The third-order valence-electron chi connectivity index (χ3n) is 7.48. The third-order valence-corrected chi connectivity index (χ3v) is 10.1. The van der Waals surface area contributed by atoms with E-state index in [1.807, 2.05) is 7.11 Å². The van der Waals surface area contributed by atoms with Crippen LogP contribution in [0.1, 0.15) is 12.8 Å². The lowest BCUT2D eigenvalue weighted by atomic mass is 10.1. The molecule has 4 heterocycles. The summed E-state index contributed by atoms with van der Waals surface area (Å²) < 4.78 is 11.0. The maximum Gasteiger partial charge on any atom is 0.250 e. The second-order valence-electron chi connectivity index (χ2n) is 9.92. The van der Waals surface area contributed by atoms with Crippen LogP contribution in [-0.4, -0.2) is 75.6 Å². The van der Waals surface area contributed by atoms with E-state index < -0.39 is 0 Å². The molecule has 0 bridgehead atoms. The summed E-state index contributed by atoms with van der Waals surface area (Å²) in [5, 5.41) is 3.62. The van der Waals surface area contributed by atoms with Crippen LogP contribution in [0.25, 0.3) is 11.3 Å². The van der Waals surface area contributed by atoms with Crippen LogP contribution >= 0.6 is 23.5 Å². The Morgan fingerprint density at radius 2 is 1.84 bits per heavy atom. The van der Waals surface area contributed by atoms with Crippen molar-refractivity contribution in [3.8, 4) is 11.3 Å². The van der Waals surface area contributed by atoms with Crippen LogP contribution in [0, 0.1) is 0 Å². The summed E-state index contributed by atoms with van der Waals surface area (Å²) in [6, 6.07) is 16.8. The number of aromatic amines is 1. The van der Waals surface area contributed by atoms with E-state index in [2.05, 4.69) is 62.6 Å². The molecule has 200 valence electrons. The van der Waals surface area contributed by atoms with E-state index in [9.17, 15) is 4.79 Å². The van der Waals surface area contributed by atoms with Gasteiger partial charge in [0, 0.05) is 89.0 Å². The van der Waals surface area contributed by atoms with Crippen molar-refractivity contribution >= 4 is 34.9 Å². The number of H-pyrrole nitrogens is 1. The van der Waals surface area contributed by atoms with Gasteiger partial charge in [0.05, 0.1) is 25.0 Å². The Labute approximate surface area is 232 Å². The van der Waals surface area contributed by atoms with Crippen molar-refractivity contribution in [2.24, 2.45) is 0 Å². The molecular weight excluding hydrogens is 516 g/mol. The van der Waals surface area contributed by atoms with Gasteiger partial charge in [-0.3, -0.25) is 4.79 Å². The van der Waals surface area contributed by atoms with Gasteiger partial charge in [0.1, 0.15) is 0 Å². The zero-order chi connectivity index (χ0) is 25.9. The van der Waals surface area contributed by atoms with Crippen molar-refractivity contribution < 1.29 is 9.47 Å². The van der Waals surface area contributed by atoms with Crippen LogP contribution in [0.15, 0.2) is 72.9 Å². The topological polar surface area (TPSA) is 69.8 Å². The van der Waals surface area contributed by atoms with Gasteiger partial charge in [-0.05, 0) is 43.2 Å². The number of anilines is 2. The van der Waals surface area contributed by atoms with Crippen LogP contribution in [0.3, 0.4) is 0 Å². The summed E-state index contributed by atoms with van der Waals surface area (Å²) in [6.07, 6.45) is 2.66. The number of nitrogens with zero attached hydrogens (tertiary/aromatic N) is 2. The molecule has 2 aromatic carbocycles. The molecule has 0 amide bonds. The summed E-state index contributed by atoms with van der Waals surface area (Å²) in [6.45, 7) is 7.18. The molecule has 0 saturated carbocycles. The van der Waals surface area contributed by atoms with Crippen molar-refractivity contribution in [3.63, 3.8) is 0 Å². The van der Waals surface area contributed by atoms with E-state index in [0.29, 0.717) is 19.3 Å². The van der Waals surface area contributed by atoms with Crippen molar-refractivity contribution in [1.82, 2.24) is 9.88 Å². The first-order valence-corrected chi connectivity index (χ1v) is 15.0. The minimum absolute atomic E-state index is 0.0748. The number of benzene rings is 2. The van der Waals surface area contributed by atoms with Crippen molar-refractivity contribution in [1.29, 1.82) is 0 Å². The van der Waals surface area contributed by atoms with Gasteiger partial charge in [0.15, 0.2) is 0 Å². The first kappa shape index (κ1) is 25.8. The molecule has 0 atom stereocenters. The van der Waals surface area contributed by atoms with Gasteiger partial charge in [-0.15, -0.1) is 0 Å². The highest BCUT2D eigenvalue weighted by Gasteiger charge is 2.23. The molecule has 3 aliphatic heterocycles. The van der Waals surface area contributed by atoms with E-state index in [4.69, 9.17) is 9.47 Å². The lowest BCUT2D eigenvalue weighted by Gasteiger charge is -2.31. The SMILES string of the molecule is COC1CCN(CCNc2ccc3c(c2)Sc2cccc(-c4cc(N5CCOCC5)cc(=O)[nH]4)c2S3)CC1. The lowest BCUT2D eigenvalue weighted by Crippen LogP contribution is -2.39. The number of hydrogen-bond donors (Lipinski definition) is 2. The number of pyridine rings is 1. The number of piperidine rings is 1. The Morgan fingerprint density at radius 3 is 2.66 bits per heavy atom. The van der Waals surface area contributed by atoms with Gasteiger partial charge in [0.25, 0.3) is 0 Å². The van der Waals surface area contributed by atoms with E-state index in [1.165, 1.54) is 19.6 Å². The predicted molar refractivity (Wildman–Crippen MR) is 155 cm³/mol. The largest absolute Gasteiger partial charge is 0.384 e. The zero-order valence-corrected chi connectivity index (χ0v) is 23.3. The van der Waals surface area contributed by atoms with Gasteiger partial charge in [-0.1, -0.05) is 35.7 Å². The van der Waals surface area contributed by atoms with Crippen LogP contribution in [0.5, 0.6) is 0 Å². The molecule has 0 radical (unpaired) electrons. The molecule has 7 nitrogen and oxygen atoms in total. The Bertz CT molecular complexity index is 1330. The Hall–Kier alpha value is -2.43. The van der Waals surface area contributed by atoms with Gasteiger partial charge < -0.3 is 29.6 Å². The summed E-state index contributed by atoms with van der Waals surface area (Å²) in [7, 11) is 1.82. The number of methoxy groups -OCH3 is 1. The predicted octanol–water partition coefficient (Wildman–Crippen LogP) is 5.02. The number of rotatable bonds is 7. The van der Waals surface area contributed by atoms with E-state index in [-0.39, 0.29) is 5.56 Å². The summed E-state index contributed by atoms with van der Waals surface area (Å²) >= 11 is 3.59. The van der Waals surface area contributed by atoms with Crippen LogP contribution in [0.2, 0.25) is 0 Å². The molecular formula is C29H34N4O3S2. The second-order valence-corrected chi connectivity index (χ2v) is 12.1. The molecule has 9 heteroatoms. The van der Waals surface area contributed by atoms with Gasteiger partial charge in [-0.2, -0.15) is 0 Å². The minimum atomic E-state index is -0.0748. The second kappa shape index (κ2) is 11.8. The summed E-state index contributed by atoms with van der Waals surface area (Å²) in [5.74, 6) is 0. The highest BCUT2D eigenvalue weighted by Crippen LogP contribution is 2.52. The quantitative estimate of drug-likeness (QED) is 0.333. The molecule has 0 unspecified atom stereocenters. The van der Waals surface area contributed by atoms with Crippen molar-refractivity contribution in [2.45, 2.75) is 38.5 Å². The highest BCUT2D eigenvalue weighted by atomic mass is 32.2. The molecule has 2 fully saturated rings. The number of aromatic nitrogens is 1. The number of ether oxygens (including phenoxy) is 2.